The molecule has 2 aliphatic heterocycles. The molecule has 2 aromatic carbocycles. The molecule has 0 radical (unpaired) electrons. The van der Waals surface area contributed by atoms with Gasteiger partial charge in [0.2, 0.25) is 5.91 Å². The van der Waals surface area contributed by atoms with Crippen LogP contribution < -0.4 is 19.7 Å². The number of nitrogens with one attached hydrogen (secondary N) is 1. The van der Waals surface area contributed by atoms with E-state index in [0.717, 1.165) is 33.9 Å². The lowest BCUT2D eigenvalue weighted by Gasteiger charge is -2.39. The maximum Gasteiger partial charge on any atom is 0.407 e. The van der Waals surface area contributed by atoms with Gasteiger partial charge in [-0.1, -0.05) is 12.1 Å². The Labute approximate surface area is 182 Å². The lowest BCUT2D eigenvalue weighted by Crippen LogP contribution is -2.45. The van der Waals surface area contributed by atoms with E-state index in [-0.39, 0.29) is 24.1 Å². The number of amides is 2. The smallest absolute Gasteiger partial charge is 0.407 e. The van der Waals surface area contributed by atoms with Crippen molar-refractivity contribution in [1.29, 1.82) is 0 Å². The van der Waals surface area contributed by atoms with Crippen molar-refractivity contribution >= 4 is 17.7 Å². The molecule has 1 N–H and O–H groups in total. The molecule has 0 saturated carbocycles. The molecule has 31 heavy (non-hydrogen) atoms. The largest absolute Gasteiger partial charge is 0.486 e. The van der Waals surface area contributed by atoms with Crippen LogP contribution in [0.4, 0.5) is 10.5 Å². The predicted octanol–water partition coefficient (Wildman–Crippen LogP) is 4.45. The number of alkyl carbamates (subject to hydrolysis) is 1. The number of anilines is 1. The first-order valence-electron chi connectivity index (χ1n) is 10.6. The van der Waals surface area contributed by atoms with Crippen molar-refractivity contribution in [2.45, 2.75) is 52.3 Å². The van der Waals surface area contributed by atoms with Crippen molar-refractivity contribution in [1.82, 2.24) is 5.32 Å². The number of carbonyl (C=O) groups is 2. The summed E-state index contributed by atoms with van der Waals surface area (Å²) in [6.45, 7) is 8.25. The highest BCUT2D eigenvalue weighted by Gasteiger charge is 2.34. The van der Waals surface area contributed by atoms with Gasteiger partial charge in [-0.2, -0.15) is 0 Å². The standard InChI is InChI=1S/C24H28N2O5/c1-14(2)31-24(28)25-20-11-15(3)26(16(4)27)21-7-5-17(12-19(20)21)18-6-8-22-23(13-18)30-10-9-29-22/h5-8,12-15,20H,9-11H2,1-4H3,(H,25,28)/t15-,20+/m0/s1. The molecule has 4 rings (SSSR count). The molecule has 2 atom stereocenters. The van der Waals surface area contributed by atoms with E-state index in [1.807, 2.05) is 57.2 Å². The van der Waals surface area contributed by atoms with Crippen molar-refractivity contribution in [3.05, 3.63) is 42.0 Å². The summed E-state index contributed by atoms with van der Waals surface area (Å²) in [5, 5.41) is 2.98. The number of rotatable bonds is 3. The first kappa shape index (κ1) is 21.0. The second-order valence-electron chi connectivity index (χ2n) is 8.26. The van der Waals surface area contributed by atoms with Crippen molar-refractivity contribution in [3.8, 4) is 22.6 Å². The Morgan fingerprint density at radius 2 is 1.74 bits per heavy atom. The average Bonchev–Trinajstić information content (AvgIpc) is 2.72. The molecule has 0 bridgehead atoms. The molecule has 2 aliphatic rings. The molecule has 164 valence electrons. The third-order valence-electron chi connectivity index (χ3n) is 5.53. The molecule has 2 aromatic rings. The second kappa shape index (κ2) is 8.49. The van der Waals surface area contributed by atoms with Crippen LogP contribution in [0.5, 0.6) is 11.5 Å². The van der Waals surface area contributed by atoms with Crippen molar-refractivity contribution in [2.24, 2.45) is 0 Å². The SMILES string of the molecule is CC(=O)N1c2ccc(-c3ccc4c(c3)OCCO4)cc2[C@H](NC(=O)OC(C)C)C[C@@H]1C. The van der Waals surface area contributed by atoms with Gasteiger partial charge in [0.15, 0.2) is 11.5 Å². The topological polar surface area (TPSA) is 77.1 Å². The van der Waals surface area contributed by atoms with Gasteiger partial charge in [0, 0.05) is 18.7 Å². The van der Waals surface area contributed by atoms with Crippen LogP contribution in [-0.4, -0.2) is 37.4 Å². The Bertz CT molecular complexity index is 1000. The van der Waals surface area contributed by atoms with Gasteiger partial charge < -0.3 is 24.4 Å². The fourth-order valence-corrected chi connectivity index (χ4v) is 4.27. The zero-order chi connectivity index (χ0) is 22.1. The first-order valence-corrected chi connectivity index (χ1v) is 10.6. The molecule has 2 amide bonds. The predicted molar refractivity (Wildman–Crippen MR) is 118 cm³/mol. The molecule has 0 fully saturated rings. The summed E-state index contributed by atoms with van der Waals surface area (Å²) in [6.07, 6.45) is -0.0675. The third-order valence-corrected chi connectivity index (χ3v) is 5.53. The van der Waals surface area contributed by atoms with E-state index in [9.17, 15) is 9.59 Å². The number of ether oxygens (including phenoxy) is 3. The number of nitrogens with zero attached hydrogens (tertiary/aromatic N) is 1. The van der Waals surface area contributed by atoms with E-state index < -0.39 is 6.09 Å². The highest BCUT2D eigenvalue weighted by Crippen LogP contribution is 2.41. The van der Waals surface area contributed by atoms with E-state index in [2.05, 4.69) is 5.32 Å². The molecule has 0 aromatic heterocycles. The number of hydrogen-bond donors (Lipinski definition) is 1. The maximum absolute atomic E-state index is 12.3. The zero-order valence-corrected chi connectivity index (χ0v) is 18.3. The third kappa shape index (κ3) is 4.31. The van der Waals surface area contributed by atoms with Crippen LogP contribution in [0.15, 0.2) is 36.4 Å². The van der Waals surface area contributed by atoms with E-state index in [4.69, 9.17) is 14.2 Å². The minimum atomic E-state index is -0.459. The quantitative estimate of drug-likeness (QED) is 0.788. The Morgan fingerprint density at radius 1 is 1.06 bits per heavy atom. The van der Waals surface area contributed by atoms with Crippen LogP contribution in [-0.2, 0) is 9.53 Å². The van der Waals surface area contributed by atoms with Crippen molar-refractivity contribution in [3.63, 3.8) is 0 Å². The number of carbonyl (C=O) groups excluding carboxylic acids is 2. The molecular weight excluding hydrogens is 396 g/mol. The molecule has 0 saturated heterocycles. The second-order valence-corrected chi connectivity index (χ2v) is 8.26. The first-order chi connectivity index (χ1) is 14.8. The minimum Gasteiger partial charge on any atom is -0.486 e. The van der Waals surface area contributed by atoms with E-state index >= 15 is 0 Å². The molecular formula is C24H28N2O5. The van der Waals surface area contributed by atoms with Gasteiger partial charge in [0.1, 0.15) is 13.2 Å². The number of fused-ring (bicyclic) bond motifs is 2. The summed E-state index contributed by atoms with van der Waals surface area (Å²) in [5.74, 6) is 1.43. The van der Waals surface area contributed by atoms with Gasteiger partial charge in [0.25, 0.3) is 0 Å². The van der Waals surface area contributed by atoms with Crippen molar-refractivity contribution in [2.75, 3.05) is 18.1 Å². The van der Waals surface area contributed by atoms with Gasteiger partial charge in [-0.05, 0) is 68.1 Å². The Morgan fingerprint density at radius 3 is 2.45 bits per heavy atom. The Balaban J connectivity index is 1.72. The van der Waals surface area contributed by atoms with Crippen LogP contribution in [0.25, 0.3) is 11.1 Å². The lowest BCUT2D eigenvalue weighted by atomic mass is 9.89. The molecule has 7 nitrogen and oxygen atoms in total. The Kier molecular flexibility index (Phi) is 5.76. The highest BCUT2D eigenvalue weighted by atomic mass is 16.6. The van der Waals surface area contributed by atoms with E-state index in [1.54, 1.807) is 11.8 Å². The molecule has 2 heterocycles. The monoisotopic (exact) mass is 424 g/mol. The van der Waals surface area contributed by atoms with Gasteiger partial charge in [-0.15, -0.1) is 0 Å². The van der Waals surface area contributed by atoms with Crippen LogP contribution in [0, 0.1) is 0 Å². The van der Waals surface area contributed by atoms with Gasteiger partial charge in [-0.25, -0.2) is 4.79 Å². The van der Waals surface area contributed by atoms with E-state index in [1.165, 1.54) is 0 Å². The highest BCUT2D eigenvalue weighted by molar-refractivity contribution is 5.94. The average molecular weight is 424 g/mol. The Hall–Kier alpha value is -3.22. The summed E-state index contributed by atoms with van der Waals surface area (Å²) in [6, 6.07) is 11.5. The molecule has 0 spiro atoms. The fraction of sp³-hybridized carbons (Fsp3) is 0.417. The summed E-state index contributed by atoms with van der Waals surface area (Å²) < 4.78 is 16.6. The number of benzene rings is 2. The summed E-state index contributed by atoms with van der Waals surface area (Å²) in [5.41, 5.74) is 3.64. The van der Waals surface area contributed by atoms with Crippen LogP contribution in [0.1, 0.15) is 45.7 Å². The van der Waals surface area contributed by atoms with Gasteiger partial charge >= 0.3 is 6.09 Å². The molecule has 7 heteroatoms. The normalized spacial score (nSPS) is 19.6. The van der Waals surface area contributed by atoms with Crippen LogP contribution >= 0.6 is 0 Å². The fourth-order valence-electron chi connectivity index (χ4n) is 4.27. The minimum absolute atomic E-state index is 0.0240. The lowest BCUT2D eigenvalue weighted by molar-refractivity contribution is -0.117. The van der Waals surface area contributed by atoms with Crippen LogP contribution in [0.2, 0.25) is 0 Å². The van der Waals surface area contributed by atoms with Crippen molar-refractivity contribution < 1.29 is 23.8 Å². The zero-order valence-electron chi connectivity index (χ0n) is 18.3. The summed E-state index contributed by atoms with van der Waals surface area (Å²) >= 11 is 0. The van der Waals surface area contributed by atoms with Crippen LogP contribution in [0.3, 0.4) is 0 Å². The van der Waals surface area contributed by atoms with Gasteiger partial charge in [-0.3, -0.25) is 4.79 Å². The van der Waals surface area contributed by atoms with Gasteiger partial charge in [0.05, 0.1) is 12.1 Å². The molecule has 0 aliphatic carbocycles. The molecule has 0 unspecified atom stereocenters. The number of hydrogen-bond acceptors (Lipinski definition) is 5. The summed E-state index contributed by atoms with van der Waals surface area (Å²) in [7, 11) is 0. The maximum atomic E-state index is 12.3. The van der Waals surface area contributed by atoms with E-state index in [0.29, 0.717) is 19.6 Å². The summed E-state index contributed by atoms with van der Waals surface area (Å²) in [4.78, 5) is 26.5.